The van der Waals surface area contributed by atoms with Gasteiger partial charge in [0.2, 0.25) is 5.39 Å². The summed E-state index contributed by atoms with van der Waals surface area (Å²) in [5.74, 6) is 0. The Bertz CT molecular complexity index is 367. The molecule has 0 atom stereocenters. The van der Waals surface area contributed by atoms with Crippen molar-refractivity contribution in [2.45, 2.75) is 6.18 Å². The second-order valence-corrected chi connectivity index (χ2v) is 2.61. The first-order valence-corrected chi connectivity index (χ1v) is 3.55. The van der Waals surface area contributed by atoms with E-state index in [-0.39, 0.29) is 5.69 Å². The predicted octanol–water partition coefficient (Wildman–Crippen LogP) is 3.84. The van der Waals surface area contributed by atoms with Gasteiger partial charge in [0.25, 0.3) is 0 Å². The van der Waals surface area contributed by atoms with Crippen molar-refractivity contribution in [3.63, 3.8) is 0 Å². The van der Waals surface area contributed by atoms with Gasteiger partial charge in [-0.25, -0.2) is 0 Å². The summed E-state index contributed by atoms with van der Waals surface area (Å²) in [5, 5.41) is 7.68. The number of hydrogen-bond donors (Lipinski definition) is 0. The van der Waals surface area contributed by atoms with Crippen LogP contribution in [0.3, 0.4) is 0 Å². The maximum absolute atomic E-state index is 12.2. The van der Waals surface area contributed by atoms with E-state index >= 15 is 0 Å². The number of nitrogens with zero attached hydrogens (tertiary/aromatic N) is 2. The van der Waals surface area contributed by atoms with E-state index in [1.165, 1.54) is 6.07 Å². The van der Waals surface area contributed by atoms with Crippen molar-refractivity contribution in [2.24, 2.45) is 0 Å². The van der Waals surface area contributed by atoms with E-state index < -0.39 is 16.8 Å². The smallest absolute Gasteiger partial charge is 0.166 e. The molecule has 2 nitrogen and oxygen atoms in total. The van der Waals surface area contributed by atoms with Gasteiger partial charge in [-0.1, -0.05) is 17.7 Å². The molecule has 0 saturated carbocycles. The van der Waals surface area contributed by atoms with Gasteiger partial charge in [-0.3, -0.25) is 0 Å². The number of alkyl halides is 3. The average Bonchev–Trinajstić information content (AvgIpc) is 2.02. The minimum Gasteiger partial charge on any atom is -0.166 e. The van der Waals surface area contributed by atoms with Crippen LogP contribution >= 0.6 is 11.6 Å². The zero-order valence-corrected chi connectivity index (χ0v) is 6.89. The molecular weight excluding hydrogens is 205 g/mol. The third-order valence-electron chi connectivity index (χ3n) is 1.39. The molecule has 13 heavy (non-hydrogen) atoms. The van der Waals surface area contributed by atoms with Crippen molar-refractivity contribution >= 4 is 17.3 Å². The van der Waals surface area contributed by atoms with Crippen molar-refractivity contribution in [1.82, 2.24) is 0 Å². The molecule has 0 unspecified atom stereocenters. The van der Waals surface area contributed by atoms with Crippen LogP contribution in [0.15, 0.2) is 18.2 Å². The molecule has 1 aromatic carbocycles. The number of hydrogen-bond acceptors (Lipinski definition) is 1. The molecule has 0 aliphatic rings. The van der Waals surface area contributed by atoms with Crippen LogP contribution in [0.1, 0.15) is 5.56 Å². The largest absolute Gasteiger partial charge is 0.418 e. The van der Waals surface area contributed by atoms with Crippen molar-refractivity contribution in [2.75, 3.05) is 0 Å². The SMILES string of the molecule is N#[N+]c1cccc(C(F)(F)F)c1Cl. The van der Waals surface area contributed by atoms with E-state index in [0.29, 0.717) is 0 Å². The van der Waals surface area contributed by atoms with Gasteiger partial charge in [0.1, 0.15) is 5.02 Å². The summed E-state index contributed by atoms with van der Waals surface area (Å²) in [4.78, 5) is 2.61. The fraction of sp³-hybridized carbons (Fsp3) is 0.143. The van der Waals surface area contributed by atoms with Gasteiger partial charge in [0.15, 0.2) is 4.98 Å². The van der Waals surface area contributed by atoms with Crippen LogP contribution in [0, 0.1) is 5.39 Å². The molecule has 0 N–H and O–H groups in total. The van der Waals surface area contributed by atoms with Crippen LogP contribution in [0.25, 0.3) is 4.98 Å². The highest BCUT2D eigenvalue weighted by molar-refractivity contribution is 6.34. The van der Waals surface area contributed by atoms with Crippen molar-refractivity contribution in [3.05, 3.63) is 33.8 Å². The fourth-order valence-electron chi connectivity index (χ4n) is 0.816. The second-order valence-electron chi connectivity index (χ2n) is 2.24. The highest BCUT2D eigenvalue weighted by Crippen LogP contribution is 2.38. The topological polar surface area (TPSA) is 28.1 Å². The minimum atomic E-state index is -4.53. The molecule has 0 aliphatic carbocycles. The highest BCUT2D eigenvalue weighted by Gasteiger charge is 2.36. The van der Waals surface area contributed by atoms with Crippen LogP contribution in [-0.2, 0) is 6.18 Å². The van der Waals surface area contributed by atoms with E-state index in [0.717, 1.165) is 12.1 Å². The lowest BCUT2D eigenvalue weighted by molar-refractivity contribution is -0.137. The monoisotopic (exact) mass is 207 g/mol. The van der Waals surface area contributed by atoms with Gasteiger partial charge in [-0.2, -0.15) is 13.2 Å². The van der Waals surface area contributed by atoms with Crippen LogP contribution in [0.5, 0.6) is 0 Å². The van der Waals surface area contributed by atoms with Gasteiger partial charge >= 0.3 is 11.9 Å². The van der Waals surface area contributed by atoms with Gasteiger partial charge < -0.3 is 0 Å². The molecule has 0 aliphatic heterocycles. The summed E-state index contributed by atoms with van der Waals surface area (Å²) in [5.41, 5.74) is -1.30. The van der Waals surface area contributed by atoms with Crippen molar-refractivity contribution < 1.29 is 13.2 Å². The maximum atomic E-state index is 12.2. The Morgan fingerprint density at radius 3 is 2.38 bits per heavy atom. The molecule has 6 heteroatoms. The lowest BCUT2D eigenvalue weighted by Gasteiger charge is -2.05. The Labute approximate surface area is 76.6 Å². The molecule has 0 heterocycles. The first-order valence-electron chi connectivity index (χ1n) is 3.17. The Kier molecular flexibility index (Phi) is 2.43. The Morgan fingerprint density at radius 1 is 1.31 bits per heavy atom. The molecular formula is C7H3ClF3N2+. The quantitative estimate of drug-likeness (QED) is 0.594. The first kappa shape index (κ1) is 9.81. The molecule has 68 valence electrons. The lowest BCUT2D eigenvalue weighted by Crippen LogP contribution is -2.05. The zero-order chi connectivity index (χ0) is 10.1. The predicted molar refractivity (Wildman–Crippen MR) is 41.2 cm³/mol. The molecule has 0 fully saturated rings. The maximum Gasteiger partial charge on any atom is 0.418 e. The average molecular weight is 208 g/mol. The summed E-state index contributed by atoms with van der Waals surface area (Å²) >= 11 is 5.32. The van der Waals surface area contributed by atoms with E-state index in [9.17, 15) is 13.2 Å². The molecule has 0 saturated heterocycles. The molecule has 0 radical (unpaired) electrons. The van der Waals surface area contributed by atoms with E-state index in [4.69, 9.17) is 17.0 Å². The van der Waals surface area contributed by atoms with E-state index in [1.54, 1.807) is 0 Å². The fourth-order valence-corrected chi connectivity index (χ4v) is 1.09. The van der Waals surface area contributed by atoms with Gasteiger partial charge in [-0.15, -0.1) is 0 Å². The van der Waals surface area contributed by atoms with Crippen molar-refractivity contribution in [1.29, 1.82) is 5.39 Å². The number of diazo groups is 1. The number of rotatable bonds is 0. The third-order valence-corrected chi connectivity index (χ3v) is 1.79. The third kappa shape index (κ3) is 1.90. The Balaban J connectivity index is 3.34. The van der Waals surface area contributed by atoms with Crippen LogP contribution in [0.2, 0.25) is 5.02 Å². The highest BCUT2D eigenvalue weighted by atomic mass is 35.5. The summed E-state index contributed by atoms with van der Waals surface area (Å²) in [6.45, 7) is 0. The summed E-state index contributed by atoms with van der Waals surface area (Å²) in [6.07, 6.45) is -4.53. The molecule has 1 rings (SSSR count). The van der Waals surface area contributed by atoms with Gasteiger partial charge in [0.05, 0.1) is 5.56 Å². The summed E-state index contributed by atoms with van der Waals surface area (Å²) in [6, 6.07) is 3.11. The summed E-state index contributed by atoms with van der Waals surface area (Å²) < 4.78 is 36.5. The molecule has 0 aromatic heterocycles. The van der Waals surface area contributed by atoms with Crippen LogP contribution in [-0.4, -0.2) is 0 Å². The Morgan fingerprint density at radius 2 is 1.92 bits per heavy atom. The minimum absolute atomic E-state index is 0.295. The molecule has 0 bridgehead atoms. The van der Waals surface area contributed by atoms with Gasteiger partial charge in [-0.05, 0) is 6.07 Å². The van der Waals surface area contributed by atoms with Gasteiger partial charge in [0, 0.05) is 6.07 Å². The summed E-state index contributed by atoms with van der Waals surface area (Å²) in [7, 11) is 0. The second kappa shape index (κ2) is 3.23. The molecule has 1 aromatic rings. The normalized spacial score (nSPS) is 11.0. The lowest BCUT2D eigenvalue weighted by atomic mass is 10.2. The first-order chi connectivity index (χ1) is 5.96. The molecule has 0 amide bonds. The van der Waals surface area contributed by atoms with Crippen LogP contribution in [0.4, 0.5) is 18.9 Å². The standard InChI is InChI=1S/C7H3ClF3N2/c8-6-4(7(9,10)11)2-1-3-5(6)13-12/h1-3H/q+1. The van der Waals surface area contributed by atoms with Crippen molar-refractivity contribution in [3.8, 4) is 0 Å². The molecule has 0 spiro atoms. The van der Waals surface area contributed by atoms with Crippen LogP contribution < -0.4 is 0 Å². The zero-order valence-electron chi connectivity index (χ0n) is 6.14. The Hall–Kier alpha value is -1.28. The number of halogens is 4. The van der Waals surface area contributed by atoms with E-state index in [2.05, 4.69) is 4.98 Å². The van der Waals surface area contributed by atoms with E-state index in [1.807, 2.05) is 0 Å². The number of benzene rings is 1.